The number of esters is 3. The molecule has 6 heteroatoms. The molecule has 0 N–H and O–H groups in total. The van der Waals surface area contributed by atoms with Crippen LogP contribution in [0.2, 0.25) is 0 Å². The third kappa shape index (κ3) is 6.14. The third-order valence-electron chi connectivity index (χ3n) is 4.27. The quantitative estimate of drug-likeness (QED) is 0.319. The van der Waals surface area contributed by atoms with Gasteiger partial charge in [-0.2, -0.15) is 0 Å². The molecule has 0 aromatic heterocycles. The second-order valence-electron chi connectivity index (χ2n) is 6.51. The Kier molecular flexibility index (Phi) is 6.96. The summed E-state index contributed by atoms with van der Waals surface area (Å²) in [5.74, 6) is -0.851. The van der Waals surface area contributed by atoms with Crippen LogP contribution >= 0.6 is 0 Å². The number of hydrogen-bond donors (Lipinski definition) is 0. The highest BCUT2D eigenvalue weighted by Crippen LogP contribution is 2.27. The van der Waals surface area contributed by atoms with Gasteiger partial charge in [-0.05, 0) is 46.5 Å². The molecule has 0 aliphatic carbocycles. The maximum Gasteiger partial charge on any atom is 0.349 e. The van der Waals surface area contributed by atoms with Crippen molar-refractivity contribution in [3.05, 3.63) is 85.5 Å². The van der Waals surface area contributed by atoms with Gasteiger partial charge in [-0.15, -0.1) is 0 Å². The molecule has 0 aliphatic heterocycles. The fourth-order valence-corrected chi connectivity index (χ4v) is 2.77. The van der Waals surface area contributed by atoms with Crippen molar-refractivity contribution in [2.75, 3.05) is 6.61 Å². The van der Waals surface area contributed by atoms with Gasteiger partial charge in [-0.1, -0.05) is 55.1 Å². The van der Waals surface area contributed by atoms with Crippen LogP contribution in [0.3, 0.4) is 0 Å². The smallest absolute Gasteiger partial charge is 0.349 e. The highest BCUT2D eigenvalue weighted by molar-refractivity contribution is 5.83. The van der Waals surface area contributed by atoms with E-state index in [1.54, 1.807) is 24.3 Å². The topological polar surface area (TPSA) is 78.9 Å². The van der Waals surface area contributed by atoms with Crippen LogP contribution in [0.15, 0.2) is 85.5 Å². The molecule has 0 saturated heterocycles. The van der Waals surface area contributed by atoms with Crippen molar-refractivity contribution in [1.82, 2.24) is 0 Å². The Bertz CT molecular complexity index is 1080. The number of benzene rings is 3. The summed E-state index contributed by atoms with van der Waals surface area (Å²) in [5.41, 5.74) is 3.96. The number of carbonyl (C=O) groups is 3. The highest BCUT2D eigenvalue weighted by atomic mass is 16.6. The van der Waals surface area contributed by atoms with Crippen LogP contribution in [0.5, 0.6) is 11.5 Å². The maximum absolute atomic E-state index is 11.6. The average Bonchev–Trinajstić information content (AvgIpc) is 2.79. The summed E-state index contributed by atoms with van der Waals surface area (Å²) in [5, 5.41) is 0. The molecule has 0 unspecified atom stereocenters. The first-order valence-corrected chi connectivity index (χ1v) is 9.44. The fourth-order valence-electron chi connectivity index (χ4n) is 2.77. The van der Waals surface area contributed by atoms with Crippen LogP contribution in [0, 0.1) is 0 Å². The standard InChI is InChI=1S/C25H20O6/c1-3-24(27)30-22-12-8-20(9-13-22)18-4-6-19(7-5-18)21-10-14-23(15-11-21)31-25(28)16-29-17(2)26/h3-15H,1,16H2,2H3. The van der Waals surface area contributed by atoms with Crippen molar-refractivity contribution in [3.63, 3.8) is 0 Å². The van der Waals surface area contributed by atoms with E-state index >= 15 is 0 Å². The van der Waals surface area contributed by atoms with E-state index in [9.17, 15) is 14.4 Å². The molecule has 156 valence electrons. The Balaban J connectivity index is 1.64. The maximum atomic E-state index is 11.6. The van der Waals surface area contributed by atoms with Crippen molar-refractivity contribution < 1.29 is 28.6 Å². The molecular formula is C25H20O6. The normalized spacial score (nSPS) is 10.1. The van der Waals surface area contributed by atoms with E-state index in [4.69, 9.17) is 9.47 Å². The average molecular weight is 416 g/mol. The van der Waals surface area contributed by atoms with Gasteiger partial charge in [-0.3, -0.25) is 4.79 Å². The number of carbonyl (C=O) groups excluding carboxylic acids is 3. The first-order chi connectivity index (χ1) is 14.9. The van der Waals surface area contributed by atoms with E-state index in [2.05, 4.69) is 11.3 Å². The van der Waals surface area contributed by atoms with E-state index < -0.39 is 24.5 Å². The predicted molar refractivity (Wildman–Crippen MR) is 115 cm³/mol. The van der Waals surface area contributed by atoms with Gasteiger partial charge in [0, 0.05) is 13.0 Å². The van der Waals surface area contributed by atoms with E-state index in [1.807, 2.05) is 48.5 Å². The molecule has 0 amide bonds. The first kappa shape index (κ1) is 21.5. The van der Waals surface area contributed by atoms with Gasteiger partial charge in [0.15, 0.2) is 6.61 Å². The Hall–Kier alpha value is -4.19. The van der Waals surface area contributed by atoms with Gasteiger partial charge in [0.05, 0.1) is 0 Å². The van der Waals surface area contributed by atoms with Gasteiger partial charge < -0.3 is 14.2 Å². The summed E-state index contributed by atoms with van der Waals surface area (Å²) in [6.45, 7) is 4.18. The van der Waals surface area contributed by atoms with Crippen molar-refractivity contribution in [2.24, 2.45) is 0 Å². The second kappa shape index (κ2) is 10.0. The predicted octanol–water partition coefficient (Wildman–Crippen LogP) is 4.58. The molecule has 0 saturated carbocycles. The monoisotopic (exact) mass is 416 g/mol. The SMILES string of the molecule is C=CC(=O)Oc1ccc(-c2ccc(-c3ccc(OC(=O)COC(C)=O)cc3)cc2)cc1. The Morgan fingerprint density at radius 2 is 1.10 bits per heavy atom. The van der Waals surface area contributed by atoms with E-state index in [0.29, 0.717) is 11.5 Å². The minimum Gasteiger partial charge on any atom is -0.454 e. The number of rotatable bonds is 7. The van der Waals surface area contributed by atoms with Gasteiger partial charge >= 0.3 is 17.9 Å². The summed E-state index contributed by atoms with van der Waals surface area (Å²) in [6.07, 6.45) is 1.12. The largest absolute Gasteiger partial charge is 0.454 e. The summed E-state index contributed by atoms with van der Waals surface area (Å²) in [6, 6.07) is 22.2. The first-order valence-electron chi connectivity index (χ1n) is 9.44. The molecule has 0 aliphatic rings. The molecule has 0 bridgehead atoms. The lowest BCUT2D eigenvalue weighted by Crippen LogP contribution is -2.17. The number of ether oxygens (including phenoxy) is 3. The minimum absolute atomic E-state index is 0.370. The third-order valence-corrected chi connectivity index (χ3v) is 4.27. The van der Waals surface area contributed by atoms with Crippen molar-refractivity contribution in [2.45, 2.75) is 6.92 Å². The molecule has 3 aromatic carbocycles. The van der Waals surface area contributed by atoms with Gasteiger partial charge in [0.25, 0.3) is 0 Å². The fraction of sp³-hybridized carbons (Fsp3) is 0.0800. The van der Waals surface area contributed by atoms with Gasteiger partial charge in [0.2, 0.25) is 0 Å². The summed E-state index contributed by atoms with van der Waals surface area (Å²) in [7, 11) is 0. The zero-order chi connectivity index (χ0) is 22.2. The summed E-state index contributed by atoms with van der Waals surface area (Å²) in [4.78, 5) is 33.6. The molecule has 0 radical (unpaired) electrons. The molecule has 31 heavy (non-hydrogen) atoms. The van der Waals surface area contributed by atoms with E-state index in [1.165, 1.54) is 6.92 Å². The van der Waals surface area contributed by atoms with Gasteiger partial charge in [0.1, 0.15) is 11.5 Å². The Morgan fingerprint density at radius 1 is 0.710 bits per heavy atom. The molecule has 0 atom stereocenters. The molecule has 3 rings (SSSR count). The molecule has 0 spiro atoms. The van der Waals surface area contributed by atoms with Crippen LogP contribution in [0.25, 0.3) is 22.3 Å². The molecule has 0 heterocycles. The van der Waals surface area contributed by atoms with Crippen molar-refractivity contribution in [1.29, 1.82) is 0 Å². The van der Waals surface area contributed by atoms with Crippen LogP contribution in [0.4, 0.5) is 0 Å². The summed E-state index contributed by atoms with van der Waals surface area (Å²) >= 11 is 0. The Labute approximate surface area is 179 Å². The van der Waals surface area contributed by atoms with Gasteiger partial charge in [-0.25, -0.2) is 9.59 Å². The van der Waals surface area contributed by atoms with Crippen molar-refractivity contribution in [3.8, 4) is 33.8 Å². The van der Waals surface area contributed by atoms with Crippen LogP contribution in [-0.4, -0.2) is 24.5 Å². The number of hydrogen-bond acceptors (Lipinski definition) is 6. The minimum atomic E-state index is -0.641. The Morgan fingerprint density at radius 3 is 1.48 bits per heavy atom. The lowest BCUT2D eigenvalue weighted by atomic mass is 10.0. The summed E-state index contributed by atoms with van der Waals surface area (Å²) < 4.78 is 14.8. The lowest BCUT2D eigenvalue weighted by molar-refractivity contribution is -0.152. The van der Waals surface area contributed by atoms with Crippen LogP contribution in [-0.2, 0) is 19.1 Å². The zero-order valence-corrected chi connectivity index (χ0v) is 16.9. The van der Waals surface area contributed by atoms with Crippen LogP contribution < -0.4 is 9.47 Å². The highest BCUT2D eigenvalue weighted by Gasteiger charge is 2.08. The molecule has 6 nitrogen and oxygen atoms in total. The molecular weight excluding hydrogens is 396 g/mol. The molecule has 3 aromatic rings. The van der Waals surface area contributed by atoms with Crippen molar-refractivity contribution >= 4 is 17.9 Å². The lowest BCUT2D eigenvalue weighted by Gasteiger charge is -2.08. The van der Waals surface area contributed by atoms with E-state index in [-0.39, 0.29) is 0 Å². The second-order valence-corrected chi connectivity index (χ2v) is 6.51. The molecule has 0 fully saturated rings. The zero-order valence-electron chi connectivity index (χ0n) is 16.9. The van der Waals surface area contributed by atoms with Crippen LogP contribution in [0.1, 0.15) is 6.92 Å². The van der Waals surface area contributed by atoms with E-state index in [0.717, 1.165) is 28.3 Å².